The number of hydrogen-bond acceptors (Lipinski definition) is 2. The average molecular weight is 241 g/mol. The van der Waals surface area contributed by atoms with Crippen LogP contribution in [0.4, 0.5) is 0 Å². The van der Waals surface area contributed by atoms with Gasteiger partial charge in [-0.3, -0.25) is 4.79 Å². The maximum atomic E-state index is 12.1. The third-order valence-electron chi connectivity index (χ3n) is 3.77. The summed E-state index contributed by atoms with van der Waals surface area (Å²) in [5, 5.41) is 9.07. The molecular weight excluding hydrogens is 214 g/mol. The second-order valence-electron chi connectivity index (χ2n) is 5.37. The zero-order valence-corrected chi connectivity index (χ0v) is 11.3. The summed E-state index contributed by atoms with van der Waals surface area (Å²) < 4.78 is 0. The fourth-order valence-electron chi connectivity index (χ4n) is 2.49. The number of aliphatic hydroxyl groups is 1. The van der Waals surface area contributed by atoms with Crippen molar-refractivity contribution in [3.8, 4) is 0 Å². The molecule has 1 saturated heterocycles. The van der Waals surface area contributed by atoms with Crippen molar-refractivity contribution < 1.29 is 9.90 Å². The minimum absolute atomic E-state index is 0.157. The second kappa shape index (κ2) is 7.70. The van der Waals surface area contributed by atoms with Crippen LogP contribution in [0.5, 0.6) is 0 Å². The van der Waals surface area contributed by atoms with Crippen LogP contribution in [-0.4, -0.2) is 35.6 Å². The summed E-state index contributed by atoms with van der Waals surface area (Å²) in [4.78, 5) is 14.1. The van der Waals surface area contributed by atoms with E-state index in [1.807, 2.05) is 11.8 Å². The van der Waals surface area contributed by atoms with Crippen LogP contribution in [0.3, 0.4) is 0 Å². The summed E-state index contributed by atoms with van der Waals surface area (Å²) in [6, 6.07) is 0. The van der Waals surface area contributed by atoms with Gasteiger partial charge < -0.3 is 10.0 Å². The third-order valence-corrected chi connectivity index (χ3v) is 3.77. The van der Waals surface area contributed by atoms with Crippen molar-refractivity contribution in [3.63, 3.8) is 0 Å². The minimum Gasteiger partial charge on any atom is -0.396 e. The molecule has 2 unspecified atom stereocenters. The molecule has 1 N–H and O–H groups in total. The molecule has 3 nitrogen and oxygen atoms in total. The molecular formula is C14H27NO2. The van der Waals surface area contributed by atoms with Gasteiger partial charge in [0, 0.05) is 31.5 Å². The van der Waals surface area contributed by atoms with Gasteiger partial charge in [0.05, 0.1) is 0 Å². The SMILES string of the molecule is CCCCCCC(C)C(=O)N1CCC(CO)C1. The Labute approximate surface area is 105 Å². The molecule has 0 saturated carbocycles. The van der Waals surface area contributed by atoms with E-state index in [0.717, 1.165) is 32.4 Å². The lowest BCUT2D eigenvalue weighted by atomic mass is 10.0. The lowest BCUT2D eigenvalue weighted by Gasteiger charge is -2.20. The number of hydrogen-bond donors (Lipinski definition) is 1. The summed E-state index contributed by atoms with van der Waals surface area (Å²) in [7, 11) is 0. The summed E-state index contributed by atoms with van der Waals surface area (Å²) in [5.41, 5.74) is 0. The molecule has 1 heterocycles. The first-order valence-corrected chi connectivity index (χ1v) is 7.08. The maximum absolute atomic E-state index is 12.1. The Morgan fingerprint density at radius 3 is 2.76 bits per heavy atom. The first-order chi connectivity index (χ1) is 8.19. The highest BCUT2D eigenvalue weighted by Gasteiger charge is 2.28. The van der Waals surface area contributed by atoms with Gasteiger partial charge in [-0.25, -0.2) is 0 Å². The van der Waals surface area contributed by atoms with Crippen molar-refractivity contribution in [2.24, 2.45) is 11.8 Å². The van der Waals surface area contributed by atoms with Gasteiger partial charge >= 0.3 is 0 Å². The Hall–Kier alpha value is -0.570. The topological polar surface area (TPSA) is 40.5 Å². The van der Waals surface area contributed by atoms with Gasteiger partial charge in [-0.15, -0.1) is 0 Å². The Kier molecular flexibility index (Phi) is 6.56. The Bertz CT molecular complexity index is 230. The molecule has 0 aliphatic carbocycles. The molecule has 0 aromatic carbocycles. The molecule has 3 heteroatoms. The molecule has 1 rings (SSSR count). The van der Waals surface area contributed by atoms with E-state index in [9.17, 15) is 4.79 Å². The highest BCUT2D eigenvalue weighted by molar-refractivity contribution is 5.78. The van der Waals surface area contributed by atoms with Gasteiger partial charge in [0.1, 0.15) is 0 Å². The maximum Gasteiger partial charge on any atom is 0.225 e. The molecule has 1 amide bonds. The number of aliphatic hydroxyl groups excluding tert-OH is 1. The number of amides is 1. The van der Waals surface area contributed by atoms with Crippen LogP contribution >= 0.6 is 0 Å². The van der Waals surface area contributed by atoms with Crippen molar-refractivity contribution in [2.75, 3.05) is 19.7 Å². The molecule has 0 spiro atoms. The monoisotopic (exact) mass is 241 g/mol. The van der Waals surface area contributed by atoms with E-state index in [1.165, 1.54) is 19.3 Å². The standard InChI is InChI=1S/C14H27NO2/c1-3-4-5-6-7-12(2)14(17)15-9-8-13(10-15)11-16/h12-13,16H,3-11H2,1-2H3. The zero-order valence-electron chi connectivity index (χ0n) is 11.3. The quantitative estimate of drug-likeness (QED) is 0.695. The van der Waals surface area contributed by atoms with Crippen molar-refractivity contribution in [1.29, 1.82) is 0 Å². The molecule has 1 fully saturated rings. The predicted octanol–water partition coefficient (Wildman–Crippen LogP) is 2.43. The fourth-order valence-corrected chi connectivity index (χ4v) is 2.49. The first-order valence-electron chi connectivity index (χ1n) is 7.08. The Morgan fingerprint density at radius 2 is 2.18 bits per heavy atom. The number of rotatable bonds is 7. The van der Waals surface area contributed by atoms with Crippen LogP contribution in [-0.2, 0) is 4.79 Å². The van der Waals surface area contributed by atoms with E-state index in [1.54, 1.807) is 0 Å². The minimum atomic E-state index is 0.157. The van der Waals surface area contributed by atoms with Crippen LogP contribution in [0.25, 0.3) is 0 Å². The van der Waals surface area contributed by atoms with Crippen LogP contribution in [0, 0.1) is 11.8 Å². The van der Waals surface area contributed by atoms with Gasteiger partial charge in [0.2, 0.25) is 5.91 Å². The van der Waals surface area contributed by atoms with Gasteiger partial charge in [-0.05, 0) is 12.8 Å². The fraction of sp³-hybridized carbons (Fsp3) is 0.929. The third kappa shape index (κ3) is 4.66. The molecule has 17 heavy (non-hydrogen) atoms. The number of carbonyl (C=O) groups excluding carboxylic acids is 1. The van der Waals surface area contributed by atoms with Crippen LogP contribution in [0.1, 0.15) is 52.4 Å². The largest absolute Gasteiger partial charge is 0.396 e. The lowest BCUT2D eigenvalue weighted by molar-refractivity contribution is -0.134. The normalized spacial score (nSPS) is 21.8. The summed E-state index contributed by atoms with van der Waals surface area (Å²) in [6.45, 7) is 6.06. The molecule has 0 bridgehead atoms. The first kappa shape index (κ1) is 14.5. The van der Waals surface area contributed by atoms with Crippen molar-refractivity contribution >= 4 is 5.91 Å². The van der Waals surface area contributed by atoms with Crippen LogP contribution < -0.4 is 0 Å². The van der Waals surface area contributed by atoms with Gasteiger partial charge in [0.25, 0.3) is 0 Å². The van der Waals surface area contributed by atoms with Crippen molar-refractivity contribution in [2.45, 2.75) is 52.4 Å². The number of likely N-dealkylation sites (tertiary alicyclic amines) is 1. The lowest BCUT2D eigenvalue weighted by Crippen LogP contribution is -2.33. The van der Waals surface area contributed by atoms with E-state index in [4.69, 9.17) is 5.11 Å². The molecule has 0 aromatic heterocycles. The number of unbranched alkanes of at least 4 members (excludes halogenated alkanes) is 3. The molecule has 1 aliphatic heterocycles. The smallest absolute Gasteiger partial charge is 0.225 e. The highest BCUT2D eigenvalue weighted by atomic mass is 16.3. The Morgan fingerprint density at radius 1 is 1.41 bits per heavy atom. The average Bonchev–Trinajstić information content (AvgIpc) is 2.82. The number of carbonyl (C=O) groups is 1. The van der Waals surface area contributed by atoms with E-state index in [-0.39, 0.29) is 18.4 Å². The molecule has 0 aromatic rings. The summed E-state index contributed by atoms with van der Waals surface area (Å²) >= 11 is 0. The second-order valence-corrected chi connectivity index (χ2v) is 5.37. The summed E-state index contributed by atoms with van der Waals surface area (Å²) in [6.07, 6.45) is 6.90. The van der Waals surface area contributed by atoms with E-state index >= 15 is 0 Å². The van der Waals surface area contributed by atoms with E-state index < -0.39 is 0 Å². The van der Waals surface area contributed by atoms with Gasteiger partial charge in [-0.2, -0.15) is 0 Å². The zero-order chi connectivity index (χ0) is 12.7. The van der Waals surface area contributed by atoms with Crippen LogP contribution in [0.2, 0.25) is 0 Å². The van der Waals surface area contributed by atoms with Crippen molar-refractivity contribution in [3.05, 3.63) is 0 Å². The molecule has 100 valence electrons. The van der Waals surface area contributed by atoms with Gasteiger partial charge in [0.15, 0.2) is 0 Å². The number of nitrogens with zero attached hydrogens (tertiary/aromatic N) is 1. The molecule has 1 aliphatic rings. The van der Waals surface area contributed by atoms with Gasteiger partial charge in [-0.1, -0.05) is 39.5 Å². The Balaban J connectivity index is 2.22. The summed E-state index contributed by atoms with van der Waals surface area (Å²) in [5.74, 6) is 0.757. The molecule has 2 atom stereocenters. The van der Waals surface area contributed by atoms with E-state index in [2.05, 4.69) is 6.92 Å². The predicted molar refractivity (Wildman–Crippen MR) is 69.7 cm³/mol. The van der Waals surface area contributed by atoms with E-state index in [0.29, 0.717) is 5.92 Å². The van der Waals surface area contributed by atoms with Crippen molar-refractivity contribution in [1.82, 2.24) is 4.90 Å². The van der Waals surface area contributed by atoms with Crippen LogP contribution in [0.15, 0.2) is 0 Å². The molecule has 0 radical (unpaired) electrons. The highest BCUT2D eigenvalue weighted by Crippen LogP contribution is 2.20.